The number of nitrogens with zero attached hydrogens (tertiary/aromatic N) is 6. The number of fused-ring (bicyclic) bond motifs is 18. The van der Waals surface area contributed by atoms with E-state index < -0.39 is 7.14 Å². The molecule has 0 bridgehead atoms. The third kappa shape index (κ3) is 5.32. The molecule has 21 rings (SSSR count). The number of hydrogen-bond acceptors (Lipinski definition) is 6. The van der Waals surface area contributed by atoms with E-state index in [1.165, 1.54) is 21.9 Å². The van der Waals surface area contributed by atoms with Crippen molar-refractivity contribution >= 4 is 140 Å². The largest absolute Gasteiger partial charge is 0.451 e. The molecule has 12 aromatic carbocycles. The van der Waals surface area contributed by atoms with Gasteiger partial charge >= 0.3 is 0 Å². The Bertz CT molecular complexity index is 5100. The molecule has 0 radical (unpaired) electrons. The highest BCUT2D eigenvalue weighted by atomic mass is 31.2. The van der Waals surface area contributed by atoms with Gasteiger partial charge < -0.3 is 42.4 Å². The third-order valence-electron chi connectivity index (χ3n) is 19.5. The minimum Gasteiger partial charge on any atom is -0.451 e. The average molecular weight is 1120 g/mol. The number of anilines is 9. The number of hydrogen-bond donors (Lipinski definition) is 0. The van der Waals surface area contributed by atoms with Crippen molar-refractivity contribution in [2.24, 2.45) is 0 Å². The summed E-state index contributed by atoms with van der Waals surface area (Å²) in [5, 5.41) is 9.24. The molecular formula is C76H47N6O3P. The SMILES string of the molecule is Cc1ccc2c(c1)Cc1c(-n3c4ccccc4c4ccccc43)cc3c4c1N2c1cc(-n2c5ccccc5c5ccccc52)c2c5c1P4(=O)c1c(cc(-n4c6ccccc6c6ccccc64)c4c1N3c1ccc(C)cc1O4)N5c1ccc(C)cc1O2. The minimum atomic E-state index is -4.07. The lowest BCUT2D eigenvalue weighted by Crippen LogP contribution is -2.50. The molecule has 0 saturated carbocycles. The van der Waals surface area contributed by atoms with Crippen LogP contribution in [0.1, 0.15) is 27.8 Å². The monoisotopic (exact) mass is 1120 g/mol. The molecule has 0 spiro atoms. The van der Waals surface area contributed by atoms with E-state index in [1.54, 1.807) is 0 Å². The Balaban J connectivity index is 1.02. The van der Waals surface area contributed by atoms with Crippen molar-refractivity contribution in [3.05, 3.63) is 246 Å². The maximum Gasteiger partial charge on any atom is 0.183 e. The summed E-state index contributed by atoms with van der Waals surface area (Å²) in [6.45, 7) is 6.45. The molecule has 15 aromatic rings. The van der Waals surface area contributed by atoms with Crippen LogP contribution in [0.25, 0.3) is 82.5 Å². The summed E-state index contributed by atoms with van der Waals surface area (Å²) in [6, 6.07) is 79.4. The molecule has 6 aliphatic rings. The van der Waals surface area contributed by atoms with E-state index in [4.69, 9.17) is 9.47 Å². The zero-order chi connectivity index (χ0) is 56.3. The van der Waals surface area contributed by atoms with Crippen molar-refractivity contribution < 1.29 is 14.0 Å². The van der Waals surface area contributed by atoms with Crippen LogP contribution in [-0.2, 0) is 11.0 Å². The Kier molecular flexibility index (Phi) is 8.26. The number of ether oxygens (including phenoxy) is 2. The van der Waals surface area contributed by atoms with Gasteiger partial charge in [-0.25, -0.2) is 0 Å². The van der Waals surface area contributed by atoms with Crippen molar-refractivity contribution in [3.8, 4) is 40.1 Å². The van der Waals surface area contributed by atoms with Crippen LogP contribution in [0.2, 0.25) is 0 Å². The van der Waals surface area contributed by atoms with Crippen molar-refractivity contribution in [2.75, 3.05) is 14.7 Å². The molecule has 1 unspecified atom stereocenters. The number of para-hydroxylation sites is 6. The van der Waals surface area contributed by atoms with Crippen LogP contribution in [-0.4, -0.2) is 13.7 Å². The second-order valence-electron chi connectivity index (χ2n) is 24.2. The predicted molar refractivity (Wildman–Crippen MR) is 351 cm³/mol. The highest BCUT2D eigenvalue weighted by molar-refractivity contribution is 7.87. The second kappa shape index (κ2) is 15.5. The molecule has 404 valence electrons. The molecule has 9 heterocycles. The number of rotatable bonds is 3. The number of benzene rings is 12. The first-order valence-electron chi connectivity index (χ1n) is 29.6. The van der Waals surface area contributed by atoms with Gasteiger partial charge in [0.15, 0.2) is 30.1 Å². The van der Waals surface area contributed by atoms with Gasteiger partial charge in [-0.2, -0.15) is 0 Å². The van der Waals surface area contributed by atoms with Crippen LogP contribution in [0, 0.1) is 20.8 Å². The van der Waals surface area contributed by atoms with Gasteiger partial charge in [-0.05, 0) is 122 Å². The second-order valence-corrected chi connectivity index (χ2v) is 26.7. The molecule has 0 amide bonds. The lowest BCUT2D eigenvalue weighted by Gasteiger charge is -2.53. The van der Waals surface area contributed by atoms with Crippen molar-refractivity contribution in [3.63, 3.8) is 0 Å². The Hall–Kier alpha value is -10.7. The molecule has 0 fully saturated rings. The van der Waals surface area contributed by atoms with E-state index in [1.807, 2.05) is 0 Å². The van der Waals surface area contributed by atoms with Crippen molar-refractivity contribution in [1.29, 1.82) is 0 Å². The highest BCUT2D eigenvalue weighted by Crippen LogP contribution is 2.74. The molecule has 9 nitrogen and oxygen atoms in total. The molecule has 3 aromatic heterocycles. The molecule has 0 aliphatic carbocycles. The Morgan fingerprint density at radius 3 is 1.06 bits per heavy atom. The summed E-state index contributed by atoms with van der Waals surface area (Å²) >= 11 is 0. The van der Waals surface area contributed by atoms with E-state index in [-0.39, 0.29) is 0 Å². The predicted octanol–water partition coefficient (Wildman–Crippen LogP) is 19.0. The van der Waals surface area contributed by atoms with Gasteiger partial charge in [0, 0.05) is 50.0 Å². The maximum atomic E-state index is 19.3. The first-order valence-corrected chi connectivity index (χ1v) is 31.3. The number of aromatic nitrogens is 3. The maximum absolute atomic E-state index is 19.3. The van der Waals surface area contributed by atoms with Crippen molar-refractivity contribution in [1.82, 2.24) is 13.7 Å². The van der Waals surface area contributed by atoms with E-state index >= 15 is 4.57 Å². The standard InChI is InChI=1S/C76H47N6O3P/c1-41-28-31-52-44(34-41)37-51-61(77-53-22-10-4-16-45(53)46-17-5-11-23-54(46)77)38-64-74-69(51)80(52)65-39-62(78-55-24-12-6-18-47(55)48-19-7-13-25-56(48)78)72-70-75(65)86(74,83)76-66(82(70)60-33-30-43(3)36-68(60)85-72)40-63(73-71(76)81(64)59-32-29-42(2)35-67(59)84-73)79-57-26-14-8-20-49(57)50-21-9-15-27-58(50)79/h4-36,38-40H,37H2,1-3H3. The summed E-state index contributed by atoms with van der Waals surface area (Å²) in [7, 11) is -4.07. The Morgan fingerprint density at radius 2 is 0.651 bits per heavy atom. The van der Waals surface area contributed by atoms with Crippen LogP contribution in [0.4, 0.5) is 51.2 Å². The van der Waals surface area contributed by atoms with Crippen LogP contribution >= 0.6 is 7.14 Å². The normalized spacial score (nSPS) is 15.8. The summed E-state index contributed by atoms with van der Waals surface area (Å²) in [5.74, 6) is 2.75. The van der Waals surface area contributed by atoms with Gasteiger partial charge in [-0.1, -0.05) is 139 Å². The topological polar surface area (TPSA) is 60.0 Å². The van der Waals surface area contributed by atoms with Gasteiger partial charge in [0.2, 0.25) is 0 Å². The molecule has 86 heavy (non-hydrogen) atoms. The average Bonchev–Trinajstić information content (AvgIpc) is 0.696. The van der Waals surface area contributed by atoms with Gasteiger partial charge in [0.25, 0.3) is 0 Å². The van der Waals surface area contributed by atoms with Gasteiger partial charge in [0.05, 0.1) is 100 Å². The van der Waals surface area contributed by atoms with Crippen LogP contribution < -0.4 is 40.1 Å². The fourth-order valence-corrected chi connectivity index (χ4v) is 19.8. The lowest BCUT2D eigenvalue weighted by molar-refractivity contribution is 0.473. The highest BCUT2D eigenvalue weighted by Gasteiger charge is 2.60. The molecular weight excluding hydrogens is 1080 g/mol. The zero-order valence-electron chi connectivity index (χ0n) is 46.8. The van der Waals surface area contributed by atoms with E-state index in [0.717, 1.165) is 167 Å². The molecule has 6 aliphatic heterocycles. The van der Waals surface area contributed by atoms with E-state index in [2.05, 4.69) is 268 Å². The third-order valence-corrected chi connectivity index (χ3v) is 22.7. The Morgan fingerprint density at radius 1 is 0.326 bits per heavy atom. The summed E-state index contributed by atoms with van der Waals surface area (Å²) in [4.78, 5) is 7.37. The van der Waals surface area contributed by atoms with Gasteiger partial charge in [-0.3, -0.25) is 0 Å². The van der Waals surface area contributed by atoms with Crippen LogP contribution in [0.5, 0.6) is 23.0 Å². The lowest BCUT2D eigenvalue weighted by atomic mass is 9.90. The molecule has 0 saturated heterocycles. The number of aryl methyl sites for hydroxylation is 3. The molecule has 0 N–H and O–H groups in total. The zero-order valence-corrected chi connectivity index (χ0v) is 47.7. The van der Waals surface area contributed by atoms with Crippen LogP contribution in [0.3, 0.4) is 0 Å². The fraction of sp³-hybridized carbons (Fsp3) is 0.0526. The smallest absolute Gasteiger partial charge is 0.183 e. The van der Waals surface area contributed by atoms with E-state index in [0.29, 0.717) is 17.9 Å². The first kappa shape index (κ1) is 45.7. The van der Waals surface area contributed by atoms with Crippen LogP contribution in [0.15, 0.2) is 218 Å². The fourth-order valence-electron chi connectivity index (χ4n) is 16.2. The van der Waals surface area contributed by atoms with Crippen molar-refractivity contribution in [2.45, 2.75) is 27.2 Å². The summed E-state index contributed by atoms with van der Waals surface area (Å²) in [5.41, 5.74) is 22.7. The molecule has 10 heteroatoms. The Labute approximate surface area is 492 Å². The summed E-state index contributed by atoms with van der Waals surface area (Å²) < 4.78 is 41.9. The summed E-state index contributed by atoms with van der Waals surface area (Å²) in [6.07, 6.45) is 0.616. The molecule has 1 atom stereocenters. The first-order chi connectivity index (χ1) is 42.3. The minimum absolute atomic E-state index is 0.616. The van der Waals surface area contributed by atoms with Gasteiger partial charge in [0.1, 0.15) is 11.4 Å². The van der Waals surface area contributed by atoms with E-state index in [9.17, 15) is 0 Å². The van der Waals surface area contributed by atoms with Gasteiger partial charge in [-0.15, -0.1) is 0 Å². The quantitative estimate of drug-likeness (QED) is 0.164.